The van der Waals surface area contributed by atoms with Crippen molar-refractivity contribution in [3.05, 3.63) is 47.6 Å². The average molecular weight is 428 g/mol. The molecule has 11 heteroatoms. The maximum atomic E-state index is 12.2. The Morgan fingerprint density at radius 2 is 1.93 bits per heavy atom. The predicted molar refractivity (Wildman–Crippen MR) is 112 cm³/mol. The Bertz CT molecular complexity index is 1360. The lowest BCUT2D eigenvalue weighted by Crippen LogP contribution is -2.21. The van der Waals surface area contributed by atoms with Crippen molar-refractivity contribution in [1.82, 2.24) is 19.9 Å². The van der Waals surface area contributed by atoms with E-state index in [-0.39, 0.29) is 16.8 Å². The fourth-order valence-corrected chi connectivity index (χ4v) is 4.26. The van der Waals surface area contributed by atoms with Gasteiger partial charge in [0.05, 0.1) is 9.60 Å². The number of fused-ring (bicyclic) bond motifs is 3. The van der Waals surface area contributed by atoms with E-state index >= 15 is 0 Å². The van der Waals surface area contributed by atoms with Crippen LogP contribution in [-0.4, -0.2) is 48.3 Å². The third-order valence-corrected chi connectivity index (χ3v) is 6.04. The highest BCUT2D eigenvalue weighted by Gasteiger charge is 2.16. The molecule has 2 aromatic heterocycles. The van der Waals surface area contributed by atoms with Crippen LogP contribution in [0.25, 0.3) is 21.1 Å². The molecular weight excluding hydrogens is 412 g/mol. The van der Waals surface area contributed by atoms with Crippen LogP contribution in [0.5, 0.6) is 0 Å². The summed E-state index contributed by atoms with van der Waals surface area (Å²) in [6, 6.07) is 9.81. The molecule has 9 nitrogen and oxygen atoms in total. The molecule has 3 N–H and O–H groups in total. The number of primary sulfonamides is 1. The van der Waals surface area contributed by atoms with Gasteiger partial charge in [-0.1, -0.05) is 6.07 Å². The van der Waals surface area contributed by atoms with Crippen LogP contribution in [0.3, 0.4) is 0 Å². The monoisotopic (exact) mass is 428 g/mol. The van der Waals surface area contributed by atoms with Gasteiger partial charge in [-0.3, -0.25) is 4.79 Å². The summed E-state index contributed by atoms with van der Waals surface area (Å²) in [6.45, 7) is 0. The van der Waals surface area contributed by atoms with Gasteiger partial charge in [0, 0.05) is 31.4 Å². The quantitative estimate of drug-likeness (QED) is 0.510. The maximum Gasteiger partial charge on any atom is 0.282 e. The van der Waals surface area contributed by atoms with Gasteiger partial charge in [0.1, 0.15) is 11.0 Å². The summed E-state index contributed by atoms with van der Waals surface area (Å²) in [5.74, 6) is 0.0941. The average Bonchev–Trinajstić information content (AvgIpc) is 3.11. The number of aromatic nitrogens is 3. The minimum absolute atomic E-state index is 0.0166. The molecule has 0 spiro atoms. The van der Waals surface area contributed by atoms with Crippen LogP contribution >= 0.6 is 11.3 Å². The van der Waals surface area contributed by atoms with E-state index in [1.807, 2.05) is 12.1 Å². The third-order valence-electron chi connectivity index (χ3n) is 4.12. The van der Waals surface area contributed by atoms with Gasteiger partial charge in [-0.15, -0.1) is 11.3 Å². The van der Waals surface area contributed by atoms with Crippen LogP contribution in [-0.2, 0) is 10.0 Å². The molecule has 2 heterocycles. The molecule has 0 saturated heterocycles. The maximum absolute atomic E-state index is 12.2. The predicted octanol–water partition coefficient (Wildman–Crippen LogP) is 2.33. The van der Waals surface area contributed by atoms with Gasteiger partial charge in [0.25, 0.3) is 5.91 Å². The zero-order valence-electron chi connectivity index (χ0n) is 15.4. The molecule has 0 aliphatic rings. The second-order valence-electron chi connectivity index (χ2n) is 6.46. The van der Waals surface area contributed by atoms with Crippen molar-refractivity contribution in [3.8, 4) is 0 Å². The fraction of sp³-hybridized carbons (Fsp3) is 0.111. The van der Waals surface area contributed by atoms with Crippen molar-refractivity contribution in [2.75, 3.05) is 19.4 Å². The summed E-state index contributed by atoms with van der Waals surface area (Å²) in [5.41, 5.74) is 1.68. The van der Waals surface area contributed by atoms with Gasteiger partial charge in [0.2, 0.25) is 16.0 Å². The van der Waals surface area contributed by atoms with E-state index in [1.54, 1.807) is 32.4 Å². The lowest BCUT2D eigenvalue weighted by Gasteiger charge is -2.07. The number of hydrogen-bond acceptors (Lipinski definition) is 8. The largest absolute Gasteiger partial charge is 0.343 e. The molecular formula is C18H16N6O3S2. The van der Waals surface area contributed by atoms with Crippen LogP contribution < -0.4 is 10.5 Å². The Labute approximate surface area is 170 Å². The number of benzene rings is 2. The number of nitrogens with zero attached hydrogens (tertiary/aromatic N) is 4. The minimum atomic E-state index is -3.82. The number of anilines is 2. The second-order valence-corrected chi connectivity index (χ2v) is 9.05. The fourth-order valence-electron chi connectivity index (χ4n) is 2.71. The molecule has 0 bridgehead atoms. The van der Waals surface area contributed by atoms with Crippen molar-refractivity contribution in [3.63, 3.8) is 0 Å². The molecule has 4 rings (SSSR count). The van der Waals surface area contributed by atoms with Gasteiger partial charge in [-0.2, -0.15) is 0 Å². The number of thiazole rings is 1. The Balaban J connectivity index is 1.77. The Hall–Kier alpha value is -3.15. The van der Waals surface area contributed by atoms with Crippen LogP contribution in [0.2, 0.25) is 0 Å². The van der Waals surface area contributed by atoms with E-state index in [4.69, 9.17) is 5.14 Å². The highest BCUT2D eigenvalue weighted by atomic mass is 32.2. The summed E-state index contributed by atoms with van der Waals surface area (Å²) in [6.07, 6.45) is 1.64. The molecule has 148 valence electrons. The van der Waals surface area contributed by atoms with Crippen LogP contribution in [0.4, 0.5) is 11.6 Å². The molecule has 1 amide bonds. The van der Waals surface area contributed by atoms with Crippen molar-refractivity contribution in [1.29, 1.82) is 0 Å². The summed E-state index contributed by atoms with van der Waals surface area (Å²) < 4.78 is 23.9. The number of amides is 1. The second kappa shape index (κ2) is 7.03. The van der Waals surface area contributed by atoms with Gasteiger partial charge in [0.15, 0.2) is 5.01 Å². The van der Waals surface area contributed by atoms with Crippen molar-refractivity contribution in [2.45, 2.75) is 4.90 Å². The standard InChI is InChI=1S/C18H16N6O3S2/c1-24(2)17(25)16-22-15-13(28-16)7-6-10-9-20-18(23-14(10)15)21-11-4-3-5-12(8-11)29(19,26)27/h3-9H,1-2H3,(H2,19,26,27)(H,20,21,23). The van der Waals surface area contributed by atoms with Gasteiger partial charge in [-0.25, -0.2) is 28.5 Å². The Morgan fingerprint density at radius 3 is 2.66 bits per heavy atom. The number of carbonyl (C=O) groups excluding carboxylic acids is 1. The van der Waals surface area contributed by atoms with E-state index < -0.39 is 10.0 Å². The number of hydrogen-bond donors (Lipinski definition) is 2. The van der Waals surface area contributed by atoms with Crippen LogP contribution in [0, 0.1) is 0 Å². The summed E-state index contributed by atoms with van der Waals surface area (Å²) in [4.78, 5) is 27.0. The van der Waals surface area contributed by atoms with E-state index in [2.05, 4.69) is 20.3 Å². The van der Waals surface area contributed by atoms with Crippen molar-refractivity contribution < 1.29 is 13.2 Å². The lowest BCUT2D eigenvalue weighted by atomic mass is 10.2. The molecule has 29 heavy (non-hydrogen) atoms. The van der Waals surface area contributed by atoms with E-state index in [0.717, 1.165) is 10.1 Å². The van der Waals surface area contributed by atoms with E-state index in [0.29, 0.717) is 21.7 Å². The summed E-state index contributed by atoms with van der Waals surface area (Å²) in [5, 5.41) is 9.31. The SMILES string of the molecule is CN(C)C(=O)c1nc2c(ccc3cnc(Nc4cccc(S(N)(=O)=O)c4)nc32)s1. The number of nitrogens with one attached hydrogen (secondary N) is 1. The zero-order chi connectivity index (χ0) is 20.8. The minimum Gasteiger partial charge on any atom is -0.343 e. The normalized spacial score (nSPS) is 11.7. The molecule has 0 saturated carbocycles. The molecule has 2 aromatic carbocycles. The van der Waals surface area contributed by atoms with E-state index in [9.17, 15) is 13.2 Å². The first-order valence-electron chi connectivity index (χ1n) is 8.40. The van der Waals surface area contributed by atoms with Gasteiger partial charge in [-0.05, 0) is 30.3 Å². The molecule has 0 aliphatic heterocycles. The zero-order valence-corrected chi connectivity index (χ0v) is 17.1. The summed E-state index contributed by atoms with van der Waals surface area (Å²) in [7, 11) is -0.473. The number of nitrogens with two attached hydrogens (primary N) is 1. The highest BCUT2D eigenvalue weighted by Crippen LogP contribution is 2.29. The van der Waals surface area contributed by atoms with Gasteiger partial charge < -0.3 is 10.2 Å². The van der Waals surface area contributed by atoms with E-state index in [1.165, 1.54) is 28.4 Å². The number of sulfonamides is 1. The highest BCUT2D eigenvalue weighted by molar-refractivity contribution is 7.89. The van der Waals surface area contributed by atoms with Crippen molar-refractivity contribution in [2.24, 2.45) is 5.14 Å². The molecule has 0 atom stereocenters. The lowest BCUT2D eigenvalue weighted by molar-refractivity contribution is 0.0827. The molecule has 4 aromatic rings. The van der Waals surface area contributed by atoms with Crippen LogP contribution in [0.15, 0.2) is 47.5 Å². The van der Waals surface area contributed by atoms with Crippen LogP contribution in [0.1, 0.15) is 9.80 Å². The molecule has 0 aliphatic carbocycles. The Morgan fingerprint density at radius 1 is 1.14 bits per heavy atom. The number of carbonyl (C=O) groups is 1. The first-order valence-corrected chi connectivity index (χ1v) is 10.8. The summed E-state index contributed by atoms with van der Waals surface area (Å²) >= 11 is 1.30. The van der Waals surface area contributed by atoms with Gasteiger partial charge >= 0.3 is 0 Å². The van der Waals surface area contributed by atoms with Crippen molar-refractivity contribution >= 4 is 60.0 Å². The molecule has 0 radical (unpaired) electrons. The molecule has 0 unspecified atom stereocenters. The first-order chi connectivity index (χ1) is 13.7. The third kappa shape index (κ3) is 3.75. The number of rotatable bonds is 4. The smallest absolute Gasteiger partial charge is 0.282 e. The molecule has 0 fully saturated rings. The topological polar surface area (TPSA) is 131 Å². The first kappa shape index (κ1) is 19.2. The Kier molecular flexibility index (Phi) is 4.65.